The molecular formula is C13H26N2O. The van der Waals surface area contributed by atoms with E-state index in [0.29, 0.717) is 11.9 Å². The summed E-state index contributed by atoms with van der Waals surface area (Å²) in [4.78, 5) is 14.4. The van der Waals surface area contributed by atoms with Crippen molar-refractivity contribution in [3.8, 4) is 0 Å². The lowest BCUT2D eigenvalue weighted by Crippen LogP contribution is -2.49. The molecule has 0 aromatic rings. The number of likely N-dealkylation sites (tertiary alicyclic amines) is 1. The van der Waals surface area contributed by atoms with E-state index in [1.165, 1.54) is 12.8 Å². The second-order valence-corrected chi connectivity index (χ2v) is 4.93. The summed E-state index contributed by atoms with van der Waals surface area (Å²) in [7, 11) is 1.97. The summed E-state index contributed by atoms with van der Waals surface area (Å²) >= 11 is 0. The van der Waals surface area contributed by atoms with Crippen LogP contribution in [0.5, 0.6) is 0 Å². The first kappa shape index (κ1) is 13.5. The molecule has 3 heteroatoms. The molecule has 1 heterocycles. The van der Waals surface area contributed by atoms with E-state index >= 15 is 0 Å². The number of nitrogens with one attached hydrogen (secondary N) is 1. The summed E-state index contributed by atoms with van der Waals surface area (Å²) in [5.74, 6) is 0.559. The van der Waals surface area contributed by atoms with Crippen LogP contribution in [0.25, 0.3) is 0 Å². The van der Waals surface area contributed by atoms with Gasteiger partial charge in [0.2, 0.25) is 5.91 Å². The Bertz CT molecular complexity index is 216. The van der Waals surface area contributed by atoms with Crippen LogP contribution >= 0.6 is 0 Å². The Morgan fingerprint density at radius 2 is 2.25 bits per heavy atom. The Labute approximate surface area is 99.6 Å². The lowest BCUT2D eigenvalue weighted by molar-refractivity contribution is -0.138. The van der Waals surface area contributed by atoms with E-state index in [1.54, 1.807) is 0 Å². The van der Waals surface area contributed by atoms with Crippen molar-refractivity contribution in [1.29, 1.82) is 0 Å². The van der Waals surface area contributed by atoms with E-state index in [2.05, 4.69) is 24.1 Å². The standard InChI is InChI=1S/C13H26N2O/c1-4-7-11(2)13(16)15-9-6-5-8-12(15)10-14-3/h11-12,14H,4-10H2,1-3H3. The average molecular weight is 226 g/mol. The van der Waals surface area contributed by atoms with E-state index in [4.69, 9.17) is 0 Å². The predicted molar refractivity (Wildman–Crippen MR) is 67.4 cm³/mol. The molecule has 3 nitrogen and oxygen atoms in total. The molecule has 0 aliphatic carbocycles. The smallest absolute Gasteiger partial charge is 0.225 e. The van der Waals surface area contributed by atoms with Gasteiger partial charge in [-0.2, -0.15) is 0 Å². The highest BCUT2D eigenvalue weighted by Crippen LogP contribution is 2.20. The summed E-state index contributed by atoms with van der Waals surface area (Å²) in [5.41, 5.74) is 0. The maximum atomic E-state index is 12.3. The van der Waals surface area contributed by atoms with Crippen LogP contribution in [0, 0.1) is 5.92 Å². The average Bonchev–Trinajstić information content (AvgIpc) is 2.29. The molecule has 16 heavy (non-hydrogen) atoms. The van der Waals surface area contributed by atoms with E-state index in [1.807, 2.05) is 7.05 Å². The molecule has 1 aliphatic rings. The zero-order valence-electron chi connectivity index (χ0n) is 11.0. The minimum absolute atomic E-state index is 0.197. The van der Waals surface area contributed by atoms with Gasteiger partial charge >= 0.3 is 0 Å². The van der Waals surface area contributed by atoms with Crippen molar-refractivity contribution in [2.24, 2.45) is 5.92 Å². The molecule has 2 unspecified atom stereocenters. The van der Waals surface area contributed by atoms with Crippen molar-refractivity contribution in [2.75, 3.05) is 20.1 Å². The number of likely N-dealkylation sites (N-methyl/N-ethyl adjacent to an activating group) is 1. The number of amides is 1. The molecule has 1 saturated heterocycles. The Hall–Kier alpha value is -0.570. The zero-order valence-corrected chi connectivity index (χ0v) is 11.0. The van der Waals surface area contributed by atoms with Crippen LogP contribution in [-0.4, -0.2) is 37.0 Å². The summed E-state index contributed by atoms with van der Waals surface area (Å²) < 4.78 is 0. The molecule has 1 amide bonds. The fourth-order valence-electron chi connectivity index (χ4n) is 2.58. The normalized spacial score (nSPS) is 23.2. The molecule has 1 rings (SSSR count). The third kappa shape index (κ3) is 3.48. The highest BCUT2D eigenvalue weighted by molar-refractivity contribution is 5.78. The van der Waals surface area contributed by atoms with Crippen LogP contribution in [-0.2, 0) is 4.79 Å². The number of piperidine rings is 1. The zero-order chi connectivity index (χ0) is 12.0. The van der Waals surface area contributed by atoms with Crippen LogP contribution in [0.15, 0.2) is 0 Å². The van der Waals surface area contributed by atoms with Gasteiger partial charge in [0.15, 0.2) is 0 Å². The molecule has 0 aromatic carbocycles. The number of hydrogen-bond donors (Lipinski definition) is 1. The van der Waals surface area contributed by atoms with Crippen molar-refractivity contribution in [2.45, 2.75) is 52.0 Å². The highest BCUT2D eigenvalue weighted by atomic mass is 16.2. The van der Waals surface area contributed by atoms with Crippen LogP contribution < -0.4 is 5.32 Å². The van der Waals surface area contributed by atoms with Crippen LogP contribution in [0.2, 0.25) is 0 Å². The quantitative estimate of drug-likeness (QED) is 0.778. The Kier molecular flexibility index (Phi) is 5.81. The molecule has 0 bridgehead atoms. The van der Waals surface area contributed by atoms with E-state index in [0.717, 1.165) is 32.4 Å². The Morgan fingerprint density at radius 3 is 2.88 bits per heavy atom. The van der Waals surface area contributed by atoms with Crippen molar-refractivity contribution in [1.82, 2.24) is 10.2 Å². The number of carbonyl (C=O) groups excluding carboxylic acids is 1. The van der Waals surface area contributed by atoms with Gasteiger partial charge in [-0.3, -0.25) is 4.79 Å². The van der Waals surface area contributed by atoms with E-state index in [9.17, 15) is 4.79 Å². The second-order valence-electron chi connectivity index (χ2n) is 4.93. The largest absolute Gasteiger partial charge is 0.338 e. The third-order valence-electron chi connectivity index (χ3n) is 3.49. The van der Waals surface area contributed by atoms with Crippen LogP contribution in [0.1, 0.15) is 46.0 Å². The number of rotatable bonds is 5. The Morgan fingerprint density at radius 1 is 1.50 bits per heavy atom. The molecule has 1 fully saturated rings. The summed E-state index contributed by atoms with van der Waals surface area (Å²) in [6.07, 6.45) is 5.70. The molecule has 1 N–H and O–H groups in total. The van der Waals surface area contributed by atoms with Gasteiger partial charge < -0.3 is 10.2 Å². The van der Waals surface area contributed by atoms with Gasteiger partial charge in [-0.25, -0.2) is 0 Å². The van der Waals surface area contributed by atoms with Crippen LogP contribution in [0.4, 0.5) is 0 Å². The fraction of sp³-hybridized carbons (Fsp3) is 0.923. The number of hydrogen-bond acceptors (Lipinski definition) is 2. The maximum Gasteiger partial charge on any atom is 0.225 e. The van der Waals surface area contributed by atoms with Crippen molar-refractivity contribution in [3.05, 3.63) is 0 Å². The first-order chi connectivity index (χ1) is 7.70. The summed E-state index contributed by atoms with van der Waals surface area (Å²) in [6, 6.07) is 0.422. The molecule has 94 valence electrons. The maximum absolute atomic E-state index is 12.3. The number of carbonyl (C=O) groups is 1. The lowest BCUT2D eigenvalue weighted by atomic mass is 9.97. The topological polar surface area (TPSA) is 32.3 Å². The van der Waals surface area contributed by atoms with Gasteiger partial charge in [-0.05, 0) is 32.7 Å². The van der Waals surface area contributed by atoms with Gasteiger partial charge in [0.05, 0.1) is 0 Å². The monoisotopic (exact) mass is 226 g/mol. The highest BCUT2D eigenvalue weighted by Gasteiger charge is 2.28. The fourth-order valence-corrected chi connectivity index (χ4v) is 2.58. The molecule has 0 spiro atoms. The van der Waals surface area contributed by atoms with E-state index in [-0.39, 0.29) is 5.92 Å². The molecule has 2 atom stereocenters. The molecule has 0 saturated carbocycles. The van der Waals surface area contributed by atoms with Crippen molar-refractivity contribution in [3.63, 3.8) is 0 Å². The lowest BCUT2D eigenvalue weighted by Gasteiger charge is -2.37. The van der Waals surface area contributed by atoms with Crippen LogP contribution in [0.3, 0.4) is 0 Å². The van der Waals surface area contributed by atoms with Gasteiger partial charge in [0.25, 0.3) is 0 Å². The molecular weight excluding hydrogens is 200 g/mol. The number of nitrogens with zero attached hydrogens (tertiary/aromatic N) is 1. The summed E-state index contributed by atoms with van der Waals surface area (Å²) in [5, 5.41) is 3.20. The van der Waals surface area contributed by atoms with Crippen molar-refractivity contribution >= 4 is 5.91 Å². The van der Waals surface area contributed by atoms with Crippen molar-refractivity contribution < 1.29 is 4.79 Å². The predicted octanol–water partition coefficient (Wildman–Crippen LogP) is 2.02. The van der Waals surface area contributed by atoms with Gasteiger partial charge in [0, 0.05) is 25.0 Å². The molecule has 1 aliphatic heterocycles. The van der Waals surface area contributed by atoms with Gasteiger partial charge in [-0.15, -0.1) is 0 Å². The minimum atomic E-state index is 0.197. The third-order valence-corrected chi connectivity index (χ3v) is 3.49. The SMILES string of the molecule is CCCC(C)C(=O)N1CCCCC1CNC. The molecule has 0 aromatic heterocycles. The molecule has 0 radical (unpaired) electrons. The summed E-state index contributed by atoms with van der Waals surface area (Å²) in [6.45, 7) is 6.10. The first-order valence-electron chi connectivity index (χ1n) is 6.65. The Balaban J connectivity index is 2.56. The second kappa shape index (κ2) is 6.89. The minimum Gasteiger partial charge on any atom is -0.338 e. The first-order valence-corrected chi connectivity index (χ1v) is 6.65. The van der Waals surface area contributed by atoms with Gasteiger partial charge in [-0.1, -0.05) is 20.3 Å². The van der Waals surface area contributed by atoms with Gasteiger partial charge in [0.1, 0.15) is 0 Å². The van der Waals surface area contributed by atoms with E-state index < -0.39 is 0 Å².